The van der Waals surface area contributed by atoms with Crippen LogP contribution in [0.1, 0.15) is 51.4 Å². The van der Waals surface area contributed by atoms with Crippen LogP contribution in [0.25, 0.3) is 0 Å². The first-order valence-electron chi connectivity index (χ1n) is 8.71. The first-order chi connectivity index (χ1) is 9.28. The van der Waals surface area contributed by atoms with Crippen LogP contribution in [0, 0.1) is 35.5 Å². The van der Waals surface area contributed by atoms with E-state index >= 15 is 0 Å². The Hall–Kier alpha value is -0.300. The van der Waals surface area contributed by atoms with Crippen LogP contribution in [-0.2, 0) is 0 Å². The number of hydrogen-bond acceptors (Lipinski definition) is 1. The van der Waals surface area contributed by atoms with E-state index in [4.69, 9.17) is 0 Å². The van der Waals surface area contributed by atoms with E-state index in [2.05, 4.69) is 17.5 Å². The lowest BCUT2D eigenvalue weighted by atomic mass is 9.53. The summed E-state index contributed by atoms with van der Waals surface area (Å²) in [4.78, 5) is 0. The van der Waals surface area contributed by atoms with Crippen molar-refractivity contribution in [3.05, 3.63) is 12.2 Å². The number of allylic oxidation sites excluding steroid dienone is 2. The van der Waals surface area contributed by atoms with Crippen LogP contribution in [0.15, 0.2) is 12.2 Å². The molecule has 3 unspecified atom stereocenters. The molecule has 19 heavy (non-hydrogen) atoms. The summed E-state index contributed by atoms with van der Waals surface area (Å²) in [5, 5.41) is 4.12. The molecule has 6 aliphatic rings. The maximum atomic E-state index is 4.12. The fourth-order valence-corrected chi connectivity index (χ4v) is 6.80. The van der Waals surface area contributed by atoms with Gasteiger partial charge in [-0.25, -0.2) is 0 Å². The average molecular weight is 257 g/mol. The minimum atomic E-state index is 0.584. The molecule has 6 rings (SSSR count). The molecule has 3 atom stereocenters. The van der Waals surface area contributed by atoms with Crippen LogP contribution < -0.4 is 5.32 Å². The van der Waals surface area contributed by atoms with Crippen LogP contribution in [0.4, 0.5) is 0 Å². The van der Waals surface area contributed by atoms with Crippen molar-refractivity contribution in [2.24, 2.45) is 35.5 Å². The Morgan fingerprint density at radius 3 is 2.05 bits per heavy atom. The summed E-state index contributed by atoms with van der Waals surface area (Å²) < 4.78 is 0. The van der Waals surface area contributed by atoms with Crippen molar-refractivity contribution in [3.63, 3.8) is 0 Å². The molecule has 0 aromatic heterocycles. The third-order valence-corrected chi connectivity index (χ3v) is 7.19. The van der Waals surface area contributed by atoms with Gasteiger partial charge in [0, 0.05) is 5.54 Å². The molecule has 0 radical (unpaired) electrons. The lowest BCUT2D eigenvalue weighted by molar-refractivity contribution is -0.0217. The van der Waals surface area contributed by atoms with Gasteiger partial charge in [-0.1, -0.05) is 12.2 Å². The minimum Gasteiger partial charge on any atom is -0.311 e. The van der Waals surface area contributed by atoms with E-state index < -0.39 is 0 Å². The predicted molar refractivity (Wildman–Crippen MR) is 77.7 cm³/mol. The first-order valence-corrected chi connectivity index (χ1v) is 8.71. The van der Waals surface area contributed by atoms with Gasteiger partial charge in [-0.15, -0.1) is 0 Å². The van der Waals surface area contributed by atoms with Gasteiger partial charge in [-0.05, 0) is 93.4 Å². The lowest BCUT2D eigenvalue weighted by Gasteiger charge is -2.57. The maximum Gasteiger partial charge on any atom is 0.0189 e. The van der Waals surface area contributed by atoms with E-state index in [1.807, 2.05) is 0 Å². The predicted octanol–water partition coefficient (Wildman–Crippen LogP) is 3.76. The van der Waals surface area contributed by atoms with E-state index in [1.54, 1.807) is 19.3 Å². The zero-order valence-electron chi connectivity index (χ0n) is 12.0. The SMILES string of the molecule is C1=CC2CC1CC2CNC12CC3CC(CC(C3)C1)C2. The molecule has 1 nitrogen and oxygen atoms in total. The largest absolute Gasteiger partial charge is 0.311 e. The van der Waals surface area contributed by atoms with E-state index in [1.165, 1.54) is 38.6 Å². The Morgan fingerprint density at radius 1 is 0.842 bits per heavy atom. The normalized spacial score (nSPS) is 57.3. The summed E-state index contributed by atoms with van der Waals surface area (Å²) in [6, 6.07) is 0. The summed E-state index contributed by atoms with van der Waals surface area (Å²) in [6.07, 6.45) is 17.2. The summed E-state index contributed by atoms with van der Waals surface area (Å²) in [5.41, 5.74) is 0.584. The van der Waals surface area contributed by atoms with Crippen molar-refractivity contribution >= 4 is 0 Å². The van der Waals surface area contributed by atoms with E-state index in [0.717, 1.165) is 35.5 Å². The monoisotopic (exact) mass is 257 g/mol. The van der Waals surface area contributed by atoms with Gasteiger partial charge < -0.3 is 5.32 Å². The van der Waals surface area contributed by atoms with Gasteiger partial charge in [0.25, 0.3) is 0 Å². The number of nitrogens with one attached hydrogen (secondary N) is 1. The number of hydrogen-bond donors (Lipinski definition) is 1. The number of fused-ring (bicyclic) bond motifs is 2. The molecular weight excluding hydrogens is 230 g/mol. The first kappa shape index (κ1) is 11.4. The molecule has 1 heteroatoms. The van der Waals surface area contributed by atoms with E-state index in [0.29, 0.717) is 5.54 Å². The molecule has 0 aromatic rings. The molecule has 6 bridgehead atoms. The van der Waals surface area contributed by atoms with Crippen LogP contribution in [0.5, 0.6) is 0 Å². The Kier molecular flexibility index (Phi) is 2.32. The highest BCUT2D eigenvalue weighted by Crippen LogP contribution is 2.55. The molecule has 0 heterocycles. The second kappa shape index (κ2) is 3.87. The van der Waals surface area contributed by atoms with Crippen molar-refractivity contribution < 1.29 is 0 Å². The minimum absolute atomic E-state index is 0.584. The molecule has 5 saturated carbocycles. The third kappa shape index (κ3) is 1.77. The van der Waals surface area contributed by atoms with E-state index in [-0.39, 0.29) is 0 Å². The van der Waals surface area contributed by atoms with Crippen molar-refractivity contribution in [1.29, 1.82) is 0 Å². The summed E-state index contributed by atoms with van der Waals surface area (Å²) in [6.45, 7) is 1.32. The molecule has 104 valence electrons. The van der Waals surface area contributed by atoms with Crippen LogP contribution >= 0.6 is 0 Å². The molecule has 6 aliphatic carbocycles. The molecule has 5 fully saturated rings. The Labute approximate surface area is 117 Å². The van der Waals surface area contributed by atoms with E-state index in [9.17, 15) is 0 Å². The van der Waals surface area contributed by atoms with Gasteiger partial charge in [0.2, 0.25) is 0 Å². The standard InChI is InChI=1S/C18H27N/c1-2-16-6-12(1)7-17(16)11-19-18-8-13-3-14(9-18)5-15(4-13)10-18/h1-2,12-17,19H,3-11H2. The molecular formula is C18H27N. The Bertz CT molecular complexity index is 375. The highest BCUT2D eigenvalue weighted by atomic mass is 15.0. The van der Waals surface area contributed by atoms with Gasteiger partial charge in [-0.3, -0.25) is 0 Å². The zero-order chi connectivity index (χ0) is 12.4. The summed E-state index contributed by atoms with van der Waals surface area (Å²) in [7, 11) is 0. The van der Waals surface area contributed by atoms with Crippen LogP contribution in [0.2, 0.25) is 0 Å². The summed E-state index contributed by atoms with van der Waals surface area (Å²) in [5.74, 6) is 6.07. The molecule has 0 aliphatic heterocycles. The van der Waals surface area contributed by atoms with Gasteiger partial charge in [0.05, 0.1) is 0 Å². The Morgan fingerprint density at radius 2 is 1.53 bits per heavy atom. The lowest BCUT2D eigenvalue weighted by Crippen LogP contribution is -2.59. The van der Waals surface area contributed by atoms with Gasteiger partial charge >= 0.3 is 0 Å². The van der Waals surface area contributed by atoms with Crippen molar-refractivity contribution in [3.8, 4) is 0 Å². The van der Waals surface area contributed by atoms with Gasteiger partial charge in [-0.2, -0.15) is 0 Å². The highest BCUT2D eigenvalue weighted by molar-refractivity contribution is 5.12. The molecule has 1 N–H and O–H groups in total. The van der Waals surface area contributed by atoms with Gasteiger partial charge in [0.15, 0.2) is 0 Å². The highest BCUT2D eigenvalue weighted by Gasteiger charge is 2.51. The van der Waals surface area contributed by atoms with Crippen molar-refractivity contribution in [1.82, 2.24) is 5.32 Å². The smallest absolute Gasteiger partial charge is 0.0189 e. The van der Waals surface area contributed by atoms with Gasteiger partial charge in [0.1, 0.15) is 0 Å². The fourth-order valence-electron chi connectivity index (χ4n) is 6.80. The quantitative estimate of drug-likeness (QED) is 0.759. The van der Waals surface area contributed by atoms with Crippen LogP contribution in [0.3, 0.4) is 0 Å². The van der Waals surface area contributed by atoms with Crippen LogP contribution in [-0.4, -0.2) is 12.1 Å². The number of rotatable bonds is 3. The van der Waals surface area contributed by atoms with Crippen molar-refractivity contribution in [2.75, 3.05) is 6.54 Å². The molecule has 0 aromatic carbocycles. The molecule has 0 spiro atoms. The summed E-state index contributed by atoms with van der Waals surface area (Å²) >= 11 is 0. The zero-order valence-corrected chi connectivity index (χ0v) is 12.0. The second-order valence-corrected chi connectivity index (χ2v) is 8.62. The fraction of sp³-hybridized carbons (Fsp3) is 0.889. The maximum absolute atomic E-state index is 4.12. The average Bonchev–Trinajstić information content (AvgIpc) is 2.97. The molecule has 0 amide bonds. The third-order valence-electron chi connectivity index (χ3n) is 7.19. The topological polar surface area (TPSA) is 12.0 Å². The Balaban J connectivity index is 1.28. The second-order valence-electron chi connectivity index (χ2n) is 8.62. The molecule has 0 saturated heterocycles. The van der Waals surface area contributed by atoms with Crippen molar-refractivity contribution in [2.45, 2.75) is 56.9 Å².